The minimum atomic E-state index is -0.447. The summed E-state index contributed by atoms with van der Waals surface area (Å²) in [5, 5.41) is 6.10. The highest BCUT2D eigenvalue weighted by Gasteiger charge is 2.35. The average Bonchev–Trinajstić information content (AvgIpc) is 2.96. The van der Waals surface area contributed by atoms with E-state index in [2.05, 4.69) is 10.6 Å². The van der Waals surface area contributed by atoms with Crippen LogP contribution in [0.15, 0.2) is 42.5 Å². The van der Waals surface area contributed by atoms with E-state index in [1.54, 1.807) is 47.4 Å². The van der Waals surface area contributed by atoms with Crippen LogP contribution in [0.25, 0.3) is 0 Å². The van der Waals surface area contributed by atoms with Crippen molar-refractivity contribution < 1.29 is 14.4 Å². The van der Waals surface area contributed by atoms with Gasteiger partial charge in [0, 0.05) is 42.0 Å². The van der Waals surface area contributed by atoms with Gasteiger partial charge in [0.2, 0.25) is 17.7 Å². The van der Waals surface area contributed by atoms with Crippen molar-refractivity contribution in [3.63, 3.8) is 0 Å². The van der Waals surface area contributed by atoms with Gasteiger partial charge in [0.15, 0.2) is 0 Å². The molecule has 0 aromatic heterocycles. The van der Waals surface area contributed by atoms with Crippen molar-refractivity contribution >= 4 is 46.4 Å². The van der Waals surface area contributed by atoms with E-state index in [4.69, 9.17) is 11.6 Å². The van der Waals surface area contributed by atoms with E-state index in [0.29, 0.717) is 22.9 Å². The molecular formula is C20H20ClN3O3. The second-order valence-electron chi connectivity index (χ2n) is 6.59. The zero-order chi connectivity index (χ0) is 19.6. The molecule has 0 saturated carbocycles. The van der Waals surface area contributed by atoms with E-state index in [9.17, 15) is 14.4 Å². The van der Waals surface area contributed by atoms with Crippen LogP contribution in [0.5, 0.6) is 0 Å². The molecule has 1 heterocycles. The van der Waals surface area contributed by atoms with Crippen LogP contribution in [-0.4, -0.2) is 24.3 Å². The molecule has 2 N–H and O–H groups in total. The topological polar surface area (TPSA) is 78.5 Å². The number of amides is 3. The molecule has 1 unspecified atom stereocenters. The van der Waals surface area contributed by atoms with Crippen LogP contribution in [0.1, 0.15) is 18.9 Å². The second-order valence-corrected chi connectivity index (χ2v) is 7.02. The lowest BCUT2D eigenvalue weighted by atomic mass is 10.1. The average molecular weight is 386 g/mol. The quantitative estimate of drug-likeness (QED) is 0.844. The number of aryl methyl sites for hydroxylation is 1. The summed E-state index contributed by atoms with van der Waals surface area (Å²) in [4.78, 5) is 37.8. The summed E-state index contributed by atoms with van der Waals surface area (Å²) in [5.41, 5.74) is 2.83. The third-order valence-corrected chi connectivity index (χ3v) is 4.63. The van der Waals surface area contributed by atoms with Crippen LogP contribution in [-0.2, 0) is 14.4 Å². The first-order chi connectivity index (χ1) is 12.8. The standard InChI is InChI=1S/C20H20ClN3O3/c1-12-8-15(21)6-7-18(12)24-11-14(9-19(24)26)20(27)23-17-5-3-4-16(10-17)22-13(2)25/h3-8,10,14H,9,11H2,1-2H3,(H,22,25)(H,23,27). The Morgan fingerprint density at radius 1 is 1.11 bits per heavy atom. The number of anilines is 3. The highest BCUT2D eigenvalue weighted by molar-refractivity contribution is 6.30. The highest BCUT2D eigenvalue weighted by atomic mass is 35.5. The molecule has 6 nitrogen and oxygen atoms in total. The number of carbonyl (C=O) groups is 3. The molecule has 2 aromatic rings. The lowest BCUT2D eigenvalue weighted by molar-refractivity contribution is -0.122. The minimum Gasteiger partial charge on any atom is -0.326 e. The summed E-state index contributed by atoms with van der Waals surface area (Å²) in [7, 11) is 0. The van der Waals surface area contributed by atoms with Crippen LogP contribution >= 0.6 is 11.6 Å². The molecule has 1 saturated heterocycles. The lowest BCUT2D eigenvalue weighted by Crippen LogP contribution is -2.28. The largest absolute Gasteiger partial charge is 0.326 e. The third kappa shape index (κ3) is 4.46. The Balaban J connectivity index is 1.70. The number of carbonyl (C=O) groups excluding carboxylic acids is 3. The van der Waals surface area contributed by atoms with Crippen molar-refractivity contribution in [2.45, 2.75) is 20.3 Å². The van der Waals surface area contributed by atoms with Gasteiger partial charge in [-0.05, 0) is 48.9 Å². The summed E-state index contributed by atoms with van der Waals surface area (Å²) in [6, 6.07) is 12.2. The first-order valence-electron chi connectivity index (χ1n) is 8.58. The molecule has 1 atom stereocenters. The Bertz CT molecular complexity index is 913. The number of hydrogen-bond donors (Lipinski definition) is 2. The van der Waals surface area contributed by atoms with Crippen molar-refractivity contribution in [2.24, 2.45) is 5.92 Å². The maximum Gasteiger partial charge on any atom is 0.229 e. The van der Waals surface area contributed by atoms with E-state index >= 15 is 0 Å². The molecule has 3 rings (SSSR count). The molecular weight excluding hydrogens is 366 g/mol. The Morgan fingerprint density at radius 2 is 1.81 bits per heavy atom. The molecule has 1 fully saturated rings. The fourth-order valence-electron chi connectivity index (χ4n) is 3.16. The summed E-state index contributed by atoms with van der Waals surface area (Å²) in [6.45, 7) is 3.62. The molecule has 27 heavy (non-hydrogen) atoms. The number of benzene rings is 2. The van der Waals surface area contributed by atoms with Crippen molar-refractivity contribution in [1.82, 2.24) is 0 Å². The Hall–Kier alpha value is -2.86. The molecule has 0 bridgehead atoms. The first kappa shape index (κ1) is 18.9. The Labute approximate surface area is 162 Å². The SMILES string of the molecule is CC(=O)Nc1cccc(NC(=O)C2CC(=O)N(c3ccc(Cl)cc3C)C2)c1. The van der Waals surface area contributed by atoms with Gasteiger partial charge in [-0.1, -0.05) is 17.7 Å². The van der Waals surface area contributed by atoms with Crippen LogP contribution < -0.4 is 15.5 Å². The van der Waals surface area contributed by atoms with Crippen molar-refractivity contribution in [3.05, 3.63) is 53.1 Å². The van der Waals surface area contributed by atoms with E-state index in [0.717, 1.165) is 11.3 Å². The molecule has 3 amide bonds. The van der Waals surface area contributed by atoms with E-state index in [1.165, 1.54) is 6.92 Å². The van der Waals surface area contributed by atoms with Gasteiger partial charge < -0.3 is 15.5 Å². The molecule has 0 radical (unpaired) electrons. The fourth-order valence-corrected chi connectivity index (χ4v) is 3.39. The summed E-state index contributed by atoms with van der Waals surface area (Å²) < 4.78 is 0. The minimum absolute atomic E-state index is 0.0902. The summed E-state index contributed by atoms with van der Waals surface area (Å²) in [6.07, 6.45) is 0.152. The predicted molar refractivity (Wildman–Crippen MR) is 106 cm³/mol. The molecule has 0 aliphatic carbocycles. The first-order valence-corrected chi connectivity index (χ1v) is 8.96. The van der Waals surface area contributed by atoms with E-state index in [1.807, 2.05) is 6.92 Å². The van der Waals surface area contributed by atoms with Crippen molar-refractivity contribution in [1.29, 1.82) is 0 Å². The smallest absolute Gasteiger partial charge is 0.229 e. The van der Waals surface area contributed by atoms with Crippen LogP contribution in [0.2, 0.25) is 5.02 Å². The van der Waals surface area contributed by atoms with E-state index in [-0.39, 0.29) is 24.1 Å². The van der Waals surface area contributed by atoms with Crippen LogP contribution in [0, 0.1) is 12.8 Å². The molecule has 7 heteroatoms. The Kier molecular flexibility index (Phi) is 5.46. The maximum atomic E-state index is 12.6. The molecule has 2 aromatic carbocycles. The number of rotatable bonds is 4. The lowest BCUT2D eigenvalue weighted by Gasteiger charge is -2.19. The zero-order valence-corrected chi connectivity index (χ0v) is 15.8. The van der Waals surface area contributed by atoms with Crippen molar-refractivity contribution in [2.75, 3.05) is 22.1 Å². The van der Waals surface area contributed by atoms with Gasteiger partial charge in [-0.15, -0.1) is 0 Å². The number of hydrogen-bond acceptors (Lipinski definition) is 3. The monoisotopic (exact) mass is 385 g/mol. The van der Waals surface area contributed by atoms with Gasteiger partial charge in [0.1, 0.15) is 0 Å². The number of nitrogens with zero attached hydrogens (tertiary/aromatic N) is 1. The summed E-state index contributed by atoms with van der Waals surface area (Å²) >= 11 is 5.98. The second kappa shape index (κ2) is 7.80. The number of nitrogens with one attached hydrogen (secondary N) is 2. The molecule has 140 valence electrons. The number of halogens is 1. The van der Waals surface area contributed by atoms with Gasteiger partial charge in [-0.2, -0.15) is 0 Å². The predicted octanol–water partition coefficient (Wildman–Crippen LogP) is 3.60. The molecule has 1 aliphatic heterocycles. The van der Waals surface area contributed by atoms with Crippen molar-refractivity contribution in [3.8, 4) is 0 Å². The van der Waals surface area contributed by atoms with Gasteiger partial charge in [-0.25, -0.2) is 0 Å². The molecule has 0 spiro atoms. The van der Waals surface area contributed by atoms with E-state index < -0.39 is 5.92 Å². The molecule has 1 aliphatic rings. The third-order valence-electron chi connectivity index (χ3n) is 4.40. The van der Waals surface area contributed by atoms with Crippen LogP contribution in [0.4, 0.5) is 17.1 Å². The van der Waals surface area contributed by atoms with Crippen LogP contribution in [0.3, 0.4) is 0 Å². The van der Waals surface area contributed by atoms with Gasteiger partial charge in [-0.3, -0.25) is 14.4 Å². The normalized spacial score (nSPS) is 16.3. The zero-order valence-electron chi connectivity index (χ0n) is 15.1. The van der Waals surface area contributed by atoms with Gasteiger partial charge in [0.25, 0.3) is 0 Å². The van der Waals surface area contributed by atoms with Gasteiger partial charge >= 0.3 is 0 Å². The van der Waals surface area contributed by atoms with Gasteiger partial charge in [0.05, 0.1) is 5.92 Å². The highest BCUT2D eigenvalue weighted by Crippen LogP contribution is 2.30. The Morgan fingerprint density at radius 3 is 2.48 bits per heavy atom. The maximum absolute atomic E-state index is 12.6. The fraction of sp³-hybridized carbons (Fsp3) is 0.250. The summed E-state index contributed by atoms with van der Waals surface area (Å²) in [5.74, 6) is -0.948.